The maximum Gasteiger partial charge on any atom is 0.321 e. The number of carbonyl (C=O) groups excluding carboxylic acids is 2. The highest BCUT2D eigenvalue weighted by molar-refractivity contribution is 7.99. The van der Waals surface area contributed by atoms with Crippen molar-refractivity contribution in [1.82, 2.24) is 5.32 Å². The number of rotatable bonds is 27. The molecular weight excluding hydrogens is 1440 g/mol. The number of carbonyl (C=O) groups is 4. The molecule has 103 heavy (non-hydrogen) atoms. The van der Waals surface area contributed by atoms with Gasteiger partial charge in [-0.05, 0) is 14.0 Å². The summed E-state index contributed by atoms with van der Waals surface area (Å²) in [5.74, 6) is -6.08. The van der Waals surface area contributed by atoms with E-state index < -0.39 is 290 Å². The molecule has 0 radical (unpaired) electrons. The first kappa shape index (κ1) is 86.1. The second-order valence-electron chi connectivity index (χ2n) is 25.7. The number of nitrogens with one attached hydrogen (secondary N) is 1. The maximum absolute atomic E-state index is 13.0. The van der Waals surface area contributed by atoms with E-state index >= 15 is 0 Å². The highest BCUT2D eigenvalue weighted by Crippen LogP contribution is 2.40. The number of hydrogen-bond acceptors (Lipinski definition) is 42. The van der Waals surface area contributed by atoms with Crippen molar-refractivity contribution in [3.8, 4) is 0 Å². The molecule has 0 aromatic rings. The van der Waals surface area contributed by atoms with Gasteiger partial charge in [0.1, 0.15) is 176 Å². The van der Waals surface area contributed by atoms with Crippen molar-refractivity contribution in [2.75, 3.05) is 89.5 Å². The Bertz CT molecular complexity index is 2610. The molecule has 21 heterocycles. The minimum Gasteiger partial charge on any atom is -0.481 e. The molecule has 44 heteroatoms. The van der Waals surface area contributed by atoms with Crippen LogP contribution in [-0.4, -0.2) is 441 Å². The van der Waals surface area contributed by atoms with E-state index in [0.29, 0.717) is 0 Å². The zero-order valence-electron chi connectivity index (χ0n) is 55.5. The van der Waals surface area contributed by atoms with Crippen LogP contribution in [-0.2, 0) is 95.0 Å². The molecule has 21 fully saturated rings. The molecule has 21 rings (SSSR count). The van der Waals surface area contributed by atoms with E-state index in [9.17, 15) is 126 Å². The molecule has 0 amide bonds. The molecule has 42 nitrogen and oxygen atoms in total. The van der Waals surface area contributed by atoms with Crippen LogP contribution < -0.4 is 5.32 Å². The average Bonchev–Trinajstić information content (AvgIpc) is 0.785. The van der Waals surface area contributed by atoms with Gasteiger partial charge in [-0.15, -0.1) is 0 Å². The largest absolute Gasteiger partial charge is 0.481 e. The molecule has 21 aliphatic rings. The summed E-state index contributed by atoms with van der Waals surface area (Å²) in [6, 6.07) is -1.18. The van der Waals surface area contributed by atoms with E-state index in [4.69, 9.17) is 75.8 Å². The van der Waals surface area contributed by atoms with Crippen molar-refractivity contribution < 1.29 is 202 Å². The average molecular weight is 1540 g/mol. The minimum atomic E-state index is -2.31. The van der Waals surface area contributed by atoms with Gasteiger partial charge in [0, 0.05) is 42.3 Å². The van der Waals surface area contributed by atoms with Crippen LogP contribution in [0.5, 0.6) is 0 Å². The number of aliphatic carboxylic acids is 2. The van der Waals surface area contributed by atoms with E-state index in [1.165, 1.54) is 14.0 Å². The van der Waals surface area contributed by atoms with Crippen LogP contribution in [0.15, 0.2) is 0 Å². The van der Waals surface area contributed by atoms with Crippen LogP contribution in [0.1, 0.15) is 26.2 Å². The first-order valence-electron chi connectivity index (χ1n) is 33.2. The number of carboxylic acids is 2. The number of Topliss-reactive ketones (excluding diaryl/α,β-unsaturated/α-hetero) is 2. The summed E-state index contributed by atoms with van der Waals surface area (Å²) in [4.78, 5) is 48.7. The fourth-order valence-corrected chi connectivity index (χ4v) is 15.0. The van der Waals surface area contributed by atoms with Crippen molar-refractivity contribution in [2.24, 2.45) is 5.92 Å². The van der Waals surface area contributed by atoms with Gasteiger partial charge in [-0.1, -0.05) is 0 Å². The topological polar surface area (TPSA) is 653 Å². The Hall–Kier alpha value is -2.46. The van der Waals surface area contributed by atoms with Crippen LogP contribution in [0.2, 0.25) is 0 Å². The summed E-state index contributed by atoms with van der Waals surface area (Å²) in [5, 5.41) is 239. The van der Waals surface area contributed by atoms with E-state index in [1.54, 1.807) is 0 Å². The third-order valence-corrected chi connectivity index (χ3v) is 20.9. The number of hydrogen-bond donors (Lipinski definition) is 22. The van der Waals surface area contributed by atoms with Crippen molar-refractivity contribution in [3.05, 3.63) is 0 Å². The van der Waals surface area contributed by atoms with Gasteiger partial charge in [0.05, 0.1) is 77.6 Å². The molecule has 0 aliphatic carbocycles. The number of aliphatic hydroxyl groups is 19. The number of likely N-dealkylation sites (N-methyl/N-ethyl adjacent to an activating group) is 1. The van der Waals surface area contributed by atoms with Crippen LogP contribution >= 0.6 is 23.5 Å². The Morgan fingerprint density at radius 2 is 0.602 bits per heavy atom. The Morgan fingerprint density at radius 3 is 0.845 bits per heavy atom. The lowest BCUT2D eigenvalue weighted by Gasteiger charge is -2.50. The van der Waals surface area contributed by atoms with E-state index in [-0.39, 0.29) is 62.3 Å². The zero-order chi connectivity index (χ0) is 75.4. The van der Waals surface area contributed by atoms with E-state index in [0.717, 1.165) is 23.5 Å². The summed E-state index contributed by atoms with van der Waals surface area (Å²) in [6.45, 7) is -3.91. The number of ketones is 2. The molecule has 21 aliphatic heterocycles. The highest BCUT2D eigenvalue weighted by Gasteiger charge is 2.60. The normalized spacial score (nSPS) is 44.9. The fourth-order valence-electron chi connectivity index (χ4n) is 12.6. The number of carboxylic acid groups (broad SMARTS) is 2. The summed E-state index contributed by atoms with van der Waals surface area (Å²) < 4.78 is 93.3. The van der Waals surface area contributed by atoms with Crippen molar-refractivity contribution in [3.63, 3.8) is 0 Å². The molecule has 37 atom stereocenters. The molecule has 0 spiro atoms. The maximum atomic E-state index is 13.0. The van der Waals surface area contributed by atoms with Gasteiger partial charge < -0.3 is 188 Å². The summed E-state index contributed by atoms with van der Waals surface area (Å²) >= 11 is 1.66. The van der Waals surface area contributed by atoms with Crippen LogP contribution in [0.25, 0.3) is 0 Å². The molecule has 22 N–H and O–H groups in total. The predicted octanol–water partition coefficient (Wildman–Crippen LogP) is -13.0. The molecular formula is C59H97NO41S2. The van der Waals surface area contributed by atoms with E-state index in [1.807, 2.05) is 0 Å². The zero-order valence-corrected chi connectivity index (χ0v) is 57.2. The molecule has 15 unspecified atom stereocenters. The molecule has 0 aromatic heterocycles. The molecule has 21 saturated heterocycles. The highest BCUT2D eigenvalue weighted by atomic mass is 32.2. The first-order valence-corrected chi connectivity index (χ1v) is 35.5. The number of ether oxygens (including phenoxy) is 16. The standard InChI is InChI=1S/C59H97NO41S2/c1-19(66)3-5-86-7-8-87-6-4-21(67)9-20(51(82)83)15-102-17-28-49-35(73)42(80)58(93-28)98-47-26(13-64)89-55(38(76)31(47)69)97-46-25(12-63)92-57(41(79)34(46)72)101-50-29(18-103-16-22(60-2)52(84)85)94-59(43(81)36(50)74)99-48-27(14-65)90-54(39(77)32(48)70)95-44-23(10-61)88-53(37(75)30(44)68)96-45-24(11-62)91-56(100-49)40(78)33(45)71/h20,22-50,53-65,68-81H,3-18H2,1-2H3,(H,82,83)(H,84,85)/t20?,22-,23?,24?,25?,26?,27?,28?,29?,30-,31-,32-,33-,34-,35-,36-,37?,38?,39?,40?,41?,42?,43?,44-,45-,46-,47-,48-,49+,50-,53-,54-,55+,56+,57+,58-,59+/m1/s1. The SMILES string of the molecule is CN[C@H](CSCC1O[C@H]2O[C@@H]3C(CO)O[C@H](O[C@@H]4C(CO)O[C@H](O[C@@H]5C(CO)O[C@@H](O[C@H]6C(CSCC(CC(=O)CCOCCOCCC(C)=O)C(=O)O)O[C@H](O[C@@H]7C(CO)O[C@@H](O[C@@H]8C(CO)O[C@@H](O[C@H]1[C@H](O)C2O)C(O)[C@H]8O)C(O)[C@H]7O)C(O)[C@H]6O)C(O)[C@H]5O)C(O)[C@H]4O)C(O)[C@H]3O)C(=O)O. The second-order valence-corrected chi connectivity index (χ2v) is 27.9. The molecule has 0 aromatic carbocycles. The van der Waals surface area contributed by atoms with Gasteiger partial charge in [-0.2, -0.15) is 23.5 Å². The summed E-state index contributed by atoms with van der Waals surface area (Å²) in [6.07, 6.45) is -73.1. The Labute approximate surface area is 595 Å². The molecule has 596 valence electrons. The lowest BCUT2D eigenvalue weighted by Crippen LogP contribution is -2.68. The van der Waals surface area contributed by atoms with Gasteiger partial charge in [0.15, 0.2) is 44.0 Å². The van der Waals surface area contributed by atoms with Gasteiger partial charge in [0.25, 0.3) is 0 Å². The van der Waals surface area contributed by atoms with Crippen LogP contribution in [0, 0.1) is 5.92 Å². The Balaban J connectivity index is 1.08. The summed E-state index contributed by atoms with van der Waals surface area (Å²) in [7, 11) is 1.35. The van der Waals surface area contributed by atoms with Crippen LogP contribution in [0.4, 0.5) is 0 Å². The Morgan fingerprint density at radius 1 is 0.350 bits per heavy atom. The lowest BCUT2D eigenvalue weighted by atomic mass is 9.95. The monoisotopic (exact) mass is 1540 g/mol. The van der Waals surface area contributed by atoms with E-state index in [2.05, 4.69) is 5.32 Å². The molecule has 0 saturated carbocycles. The smallest absolute Gasteiger partial charge is 0.321 e. The van der Waals surface area contributed by atoms with Gasteiger partial charge in [-0.25, -0.2) is 0 Å². The molecule has 14 bridgehead atoms. The second kappa shape index (κ2) is 40.0. The van der Waals surface area contributed by atoms with Gasteiger partial charge >= 0.3 is 11.9 Å². The van der Waals surface area contributed by atoms with Gasteiger partial charge in [0.2, 0.25) is 0 Å². The third kappa shape index (κ3) is 21.0. The van der Waals surface area contributed by atoms with Gasteiger partial charge in [-0.3, -0.25) is 19.2 Å². The number of aliphatic hydroxyl groups excluding tert-OH is 19. The third-order valence-electron chi connectivity index (χ3n) is 18.6. The fraction of sp³-hybridized carbons (Fsp3) is 0.932. The predicted molar refractivity (Wildman–Crippen MR) is 332 cm³/mol. The van der Waals surface area contributed by atoms with Crippen molar-refractivity contribution in [2.45, 2.75) is 247 Å². The van der Waals surface area contributed by atoms with Crippen molar-refractivity contribution >= 4 is 47.0 Å². The first-order chi connectivity index (χ1) is 49.0. The number of thioether (sulfide) groups is 2. The lowest BCUT2D eigenvalue weighted by molar-refractivity contribution is -0.395. The quantitative estimate of drug-likeness (QED) is 0.0340. The van der Waals surface area contributed by atoms with Crippen molar-refractivity contribution in [1.29, 1.82) is 0 Å². The minimum absolute atomic E-state index is 0.0645. The summed E-state index contributed by atoms with van der Waals surface area (Å²) in [5.41, 5.74) is 0. The van der Waals surface area contributed by atoms with Crippen LogP contribution in [0.3, 0.4) is 0 Å². The Kier molecular flexibility index (Phi) is 33.4.